The van der Waals surface area contributed by atoms with Crippen LogP contribution in [-0.4, -0.2) is 23.4 Å². The number of nitrogens with one attached hydrogen (secondary N) is 3. The maximum atomic E-state index is 12.4. The van der Waals surface area contributed by atoms with Crippen molar-refractivity contribution in [1.82, 2.24) is 15.0 Å². The Kier molecular flexibility index (Phi) is 3.49. The molecule has 23 heavy (non-hydrogen) atoms. The molecule has 0 aliphatic rings. The minimum Gasteiger partial charge on any atom is -0.327 e. The van der Waals surface area contributed by atoms with Crippen LogP contribution in [0.1, 0.15) is 5.56 Å². The fourth-order valence-corrected chi connectivity index (χ4v) is 3.11. The summed E-state index contributed by atoms with van der Waals surface area (Å²) in [6.07, 6.45) is 2.36. The van der Waals surface area contributed by atoms with Gasteiger partial charge in [0, 0.05) is 11.8 Å². The second-order valence-electron chi connectivity index (χ2n) is 4.93. The fourth-order valence-electron chi connectivity index (χ4n) is 2.05. The average Bonchev–Trinajstić information content (AvgIpc) is 2.50. The Morgan fingerprint density at radius 1 is 1.17 bits per heavy atom. The zero-order chi connectivity index (χ0) is 16.6. The van der Waals surface area contributed by atoms with Crippen LogP contribution in [0.3, 0.4) is 0 Å². The molecule has 0 aliphatic heterocycles. The van der Waals surface area contributed by atoms with Crippen molar-refractivity contribution < 1.29 is 8.42 Å². The van der Waals surface area contributed by atoms with E-state index in [-0.39, 0.29) is 21.7 Å². The average molecular weight is 332 g/mol. The number of anilines is 1. The van der Waals surface area contributed by atoms with Crippen LogP contribution in [0, 0.1) is 6.92 Å². The highest BCUT2D eigenvalue weighted by atomic mass is 32.2. The molecule has 8 nitrogen and oxygen atoms in total. The molecule has 3 rings (SSSR count). The Balaban J connectivity index is 2.01. The number of fused-ring (bicyclic) bond motifs is 1. The van der Waals surface area contributed by atoms with Crippen molar-refractivity contribution in [2.24, 2.45) is 0 Å². The second-order valence-corrected chi connectivity index (χ2v) is 6.61. The van der Waals surface area contributed by atoms with Gasteiger partial charge in [0.05, 0.1) is 27.8 Å². The van der Waals surface area contributed by atoms with Gasteiger partial charge in [-0.1, -0.05) is 0 Å². The fraction of sp³-hybridized carbons (Fsp3) is 0.0714. The maximum absolute atomic E-state index is 12.4. The van der Waals surface area contributed by atoms with Gasteiger partial charge in [0.25, 0.3) is 21.1 Å². The number of hydrogen-bond acceptors (Lipinski definition) is 5. The number of nitrogens with zero attached hydrogens (tertiary/aromatic N) is 1. The third-order valence-electron chi connectivity index (χ3n) is 3.20. The number of pyridine rings is 1. The minimum absolute atomic E-state index is 0.00611. The summed E-state index contributed by atoms with van der Waals surface area (Å²) in [6.45, 7) is 1.58. The van der Waals surface area contributed by atoms with Gasteiger partial charge in [-0.2, -0.15) is 0 Å². The second kappa shape index (κ2) is 5.36. The summed E-state index contributed by atoms with van der Waals surface area (Å²) in [7, 11) is -3.85. The van der Waals surface area contributed by atoms with E-state index in [9.17, 15) is 18.0 Å². The number of benzene rings is 1. The van der Waals surface area contributed by atoms with E-state index in [1.165, 1.54) is 30.5 Å². The largest absolute Gasteiger partial charge is 0.327 e. The standard InChI is InChI=1S/C14H12N4O4S/c1-8-4-9(6-16-14(8)20)18-23(21,22)10-2-3-11-12(5-10)15-7-13(19)17-11/h2-7,18H,1H3,(H,16,20)(H,17,19). The van der Waals surface area contributed by atoms with E-state index >= 15 is 0 Å². The first kappa shape index (κ1) is 15.0. The Hall–Kier alpha value is -2.94. The van der Waals surface area contributed by atoms with Gasteiger partial charge in [0.2, 0.25) is 0 Å². The van der Waals surface area contributed by atoms with Gasteiger partial charge in [-0.25, -0.2) is 13.4 Å². The molecule has 0 spiro atoms. The number of rotatable bonds is 3. The highest BCUT2D eigenvalue weighted by Gasteiger charge is 2.15. The van der Waals surface area contributed by atoms with Crippen LogP contribution in [0.5, 0.6) is 0 Å². The van der Waals surface area contributed by atoms with Gasteiger partial charge >= 0.3 is 0 Å². The molecule has 2 aromatic heterocycles. The van der Waals surface area contributed by atoms with E-state index in [4.69, 9.17) is 0 Å². The molecule has 0 unspecified atom stereocenters. The number of hydrogen-bond donors (Lipinski definition) is 3. The van der Waals surface area contributed by atoms with Crippen molar-refractivity contribution in [2.45, 2.75) is 11.8 Å². The van der Waals surface area contributed by atoms with Gasteiger partial charge in [-0.15, -0.1) is 0 Å². The smallest absolute Gasteiger partial charge is 0.266 e. The lowest BCUT2D eigenvalue weighted by Gasteiger charge is -2.09. The van der Waals surface area contributed by atoms with Crippen molar-refractivity contribution in [3.63, 3.8) is 0 Å². The summed E-state index contributed by atoms with van der Waals surface area (Å²) in [5.41, 5.74) is 0.780. The predicted octanol–water partition coefficient (Wildman–Crippen LogP) is 0.721. The van der Waals surface area contributed by atoms with Crippen LogP contribution in [-0.2, 0) is 10.0 Å². The highest BCUT2D eigenvalue weighted by molar-refractivity contribution is 7.92. The quantitative estimate of drug-likeness (QED) is 0.652. The molecule has 0 saturated heterocycles. The molecular formula is C14H12N4O4S. The summed E-state index contributed by atoms with van der Waals surface area (Å²) in [4.78, 5) is 31.4. The number of H-pyrrole nitrogens is 2. The van der Waals surface area contributed by atoms with Crippen LogP contribution in [0.15, 0.2) is 51.1 Å². The van der Waals surface area contributed by atoms with E-state index in [1.54, 1.807) is 6.92 Å². The first-order valence-corrected chi connectivity index (χ1v) is 8.05. The first-order chi connectivity index (χ1) is 10.8. The molecule has 3 N–H and O–H groups in total. The third kappa shape index (κ3) is 2.99. The van der Waals surface area contributed by atoms with E-state index in [0.29, 0.717) is 16.6 Å². The van der Waals surface area contributed by atoms with Gasteiger partial charge in [-0.3, -0.25) is 14.3 Å². The molecule has 9 heteroatoms. The Bertz CT molecular complexity index is 1120. The third-order valence-corrected chi connectivity index (χ3v) is 4.58. The summed E-state index contributed by atoms with van der Waals surface area (Å²) < 4.78 is 27.2. The van der Waals surface area contributed by atoms with E-state index in [0.717, 1.165) is 6.20 Å². The molecule has 0 aliphatic carbocycles. The lowest BCUT2D eigenvalue weighted by Crippen LogP contribution is -2.16. The molecule has 2 heterocycles. The number of aromatic amines is 2. The zero-order valence-electron chi connectivity index (χ0n) is 12.0. The Labute approximate surface area is 130 Å². The van der Waals surface area contributed by atoms with Crippen LogP contribution in [0.2, 0.25) is 0 Å². The van der Waals surface area contributed by atoms with Crippen LogP contribution in [0.4, 0.5) is 5.69 Å². The monoisotopic (exact) mass is 332 g/mol. The minimum atomic E-state index is -3.85. The van der Waals surface area contributed by atoms with Crippen molar-refractivity contribution >= 4 is 26.7 Å². The molecule has 118 valence electrons. The van der Waals surface area contributed by atoms with Crippen molar-refractivity contribution in [2.75, 3.05) is 4.72 Å². The normalized spacial score (nSPS) is 11.5. The zero-order valence-corrected chi connectivity index (χ0v) is 12.8. The Morgan fingerprint density at radius 2 is 1.96 bits per heavy atom. The molecule has 1 aromatic carbocycles. The molecule has 0 saturated carbocycles. The molecule has 0 amide bonds. The maximum Gasteiger partial charge on any atom is 0.266 e. The number of aromatic nitrogens is 3. The molecule has 0 fully saturated rings. The highest BCUT2D eigenvalue weighted by Crippen LogP contribution is 2.18. The lowest BCUT2D eigenvalue weighted by molar-refractivity contribution is 0.601. The Morgan fingerprint density at radius 3 is 2.70 bits per heavy atom. The van der Waals surface area contributed by atoms with Crippen LogP contribution in [0.25, 0.3) is 11.0 Å². The summed E-state index contributed by atoms with van der Waals surface area (Å²) >= 11 is 0. The van der Waals surface area contributed by atoms with Gasteiger partial charge in [0.15, 0.2) is 0 Å². The summed E-state index contributed by atoms with van der Waals surface area (Å²) in [5, 5.41) is 0. The number of aryl methyl sites for hydroxylation is 1. The van der Waals surface area contributed by atoms with Gasteiger partial charge in [-0.05, 0) is 31.2 Å². The molecule has 0 bridgehead atoms. The van der Waals surface area contributed by atoms with Gasteiger partial charge in [0.1, 0.15) is 0 Å². The predicted molar refractivity (Wildman–Crippen MR) is 85.0 cm³/mol. The SMILES string of the molecule is Cc1cc(NS(=O)(=O)c2ccc3[nH]c(=O)cnc3c2)c[nH]c1=O. The van der Waals surface area contributed by atoms with E-state index in [2.05, 4.69) is 19.7 Å². The lowest BCUT2D eigenvalue weighted by atomic mass is 10.3. The van der Waals surface area contributed by atoms with Crippen LogP contribution < -0.4 is 15.8 Å². The van der Waals surface area contributed by atoms with Crippen molar-refractivity contribution in [3.8, 4) is 0 Å². The van der Waals surface area contributed by atoms with Gasteiger partial charge < -0.3 is 9.97 Å². The summed E-state index contributed by atoms with van der Waals surface area (Å²) in [5.74, 6) is 0. The van der Waals surface area contributed by atoms with Crippen molar-refractivity contribution in [3.05, 3.63) is 62.9 Å². The topological polar surface area (TPSA) is 125 Å². The molecule has 0 radical (unpaired) electrons. The number of sulfonamides is 1. The molecule has 3 aromatic rings. The van der Waals surface area contributed by atoms with E-state index in [1.807, 2.05) is 0 Å². The van der Waals surface area contributed by atoms with E-state index < -0.39 is 10.0 Å². The van der Waals surface area contributed by atoms with Crippen molar-refractivity contribution in [1.29, 1.82) is 0 Å². The molecule has 0 atom stereocenters. The summed E-state index contributed by atoms with van der Waals surface area (Å²) in [6, 6.07) is 5.62. The first-order valence-electron chi connectivity index (χ1n) is 6.56. The molecular weight excluding hydrogens is 320 g/mol. The van der Waals surface area contributed by atoms with Crippen LogP contribution >= 0.6 is 0 Å².